The summed E-state index contributed by atoms with van der Waals surface area (Å²) in [5, 5.41) is 0. The fraction of sp³-hybridized carbons (Fsp3) is 0.0625. The second kappa shape index (κ2) is 5.78. The van der Waals surface area contributed by atoms with Gasteiger partial charge in [-0.05, 0) is 42.8 Å². The largest absolute Gasteiger partial charge is 0.289 e. The lowest BCUT2D eigenvalue weighted by atomic mass is 10.1. The molecule has 18 heavy (non-hydrogen) atoms. The van der Waals surface area contributed by atoms with Gasteiger partial charge in [0.15, 0.2) is 5.78 Å². The topological polar surface area (TPSA) is 17.1 Å². The predicted octanol–water partition coefficient (Wildman–Crippen LogP) is 4.65. The van der Waals surface area contributed by atoms with Gasteiger partial charge < -0.3 is 0 Å². The van der Waals surface area contributed by atoms with E-state index in [1.54, 1.807) is 6.08 Å². The third kappa shape index (κ3) is 3.41. The monoisotopic (exact) mass is 300 g/mol. The summed E-state index contributed by atoms with van der Waals surface area (Å²) in [5.41, 5.74) is 2.93. The number of hydrogen-bond donors (Lipinski definition) is 0. The lowest BCUT2D eigenvalue weighted by molar-refractivity contribution is 0.104. The summed E-state index contributed by atoms with van der Waals surface area (Å²) in [5.74, 6) is 0.0176. The zero-order valence-electron chi connectivity index (χ0n) is 10.1. The number of carbonyl (C=O) groups is 1. The molecule has 0 aliphatic rings. The zero-order valence-corrected chi connectivity index (χ0v) is 11.6. The fourth-order valence-corrected chi connectivity index (χ4v) is 1.92. The highest BCUT2D eigenvalue weighted by Gasteiger charge is 2.00. The van der Waals surface area contributed by atoms with E-state index in [0.29, 0.717) is 5.56 Å². The molecule has 0 aliphatic carbocycles. The van der Waals surface area contributed by atoms with Gasteiger partial charge in [-0.15, -0.1) is 0 Å². The Labute approximate surface area is 115 Å². The minimum absolute atomic E-state index is 0.0176. The summed E-state index contributed by atoms with van der Waals surface area (Å²) in [6, 6.07) is 15.4. The van der Waals surface area contributed by atoms with Crippen molar-refractivity contribution in [1.82, 2.24) is 0 Å². The lowest BCUT2D eigenvalue weighted by Crippen LogP contribution is -1.93. The third-order valence-corrected chi connectivity index (χ3v) is 3.13. The molecule has 0 radical (unpaired) electrons. The molecule has 0 aromatic heterocycles. The molecular formula is C16H13BrO. The molecule has 0 atom stereocenters. The average Bonchev–Trinajstić information content (AvgIpc) is 2.37. The highest BCUT2D eigenvalue weighted by Crippen LogP contribution is 2.12. The van der Waals surface area contributed by atoms with E-state index in [9.17, 15) is 4.79 Å². The zero-order chi connectivity index (χ0) is 13.0. The van der Waals surface area contributed by atoms with Crippen LogP contribution < -0.4 is 0 Å². The van der Waals surface area contributed by atoms with Gasteiger partial charge in [0.05, 0.1) is 0 Å². The predicted molar refractivity (Wildman–Crippen MR) is 78.7 cm³/mol. The van der Waals surface area contributed by atoms with Crippen LogP contribution in [-0.2, 0) is 0 Å². The van der Waals surface area contributed by atoms with Crippen LogP contribution in [0.1, 0.15) is 21.5 Å². The van der Waals surface area contributed by atoms with Gasteiger partial charge in [-0.25, -0.2) is 0 Å². The van der Waals surface area contributed by atoms with Gasteiger partial charge in [0, 0.05) is 10.0 Å². The second-order valence-electron chi connectivity index (χ2n) is 4.12. The standard InChI is InChI=1S/C16H13BrO/c1-12-3-2-4-13(11-12)5-10-16(18)14-6-8-15(17)9-7-14/h2-11H,1H3. The molecule has 0 amide bonds. The molecule has 0 N–H and O–H groups in total. The van der Waals surface area contributed by atoms with Crippen LogP contribution in [0.15, 0.2) is 59.1 Å². The Morgan fingerprint density at radius 1 is 1.11 bits per heavy atom. The molecule has 0 spiro atoms. The minimum Gasteiger partial charge on any atom is -0.289 e. The maximum Gasteiger partial charge on any atom is 0.185 e. The van der Waals surface area contributed by atoms with Gasteiger partial charge in [0.1, 0.15) is 0 Å². The Kier molecular flexibility index (Phi) is 4.11. The number of benzene rings is 2. The van der Waals surface area contributed by atoms with Gasteiger partial charge in [0.25, 0.3) is 0 Å². The van der Waals surface area contributed by atoms with E-state index in [2.05, 4.69) is 15.9 Å². The summed E-state index contributed by atoms with van der Waals surface area (Å²) in [4.78, 5) is 11.9. The van der Waals surface area contributed by atoms with Gasteiger partial charge in [-0.2, -0.15) is 0 Å². The second-order valence-corrected chi connectivity index (χ2v) is 5.03. The van der Waals surface area contributed by atoms with Gasteiger partial charge >= 0.3 is 0 Å². The first kappa shape index (κ1) is 12.8. The Morgan fingerprint density at radius 3 is 2.50 bits per heavy atom. The number of aryl methyl sites for hydroxylation is 1. The molecule has 0 bridgehead atoms. The summed E-state index contributed by atoms with van der Waals surface area (Å²) < 4.78 is 0.974. The Morgan fingerprint density at radius 2 is 1.83 bits per heavy atom. The molecule has 2 aromatic carbocycles. The van der Waals surface area contributed by atoms with Crippen molar-refractivity contribution in [3.8, 4) is 0 Å². The first-order valence-corrected chi connectivity index (χ1v) is 6.49. The van der Waals surface area contributed by atoms with Crippen molar-refractivity contribution < 1.29 is 4.79 Å². The average molecular weight is 301 g/mol. The molecule has 0 saturated carbocycles. The highest BCUT2D eigenvalue weighted by molar-refractivity contribution is 9.10. The SMILES string of the molecule is Cc1cccc(C=CC(=O)c2ccc(Br)cc2)c1. The quantitative estimate of drug-likeness (QED) is 0.595. The van der Waals surface area contributed by atoms with Crippen molar-refractivity contribution >= 4 is 27.8 Å². The lowest BCUT2D eigenvalue weighted by Gasteiger charge is -1.97. The molecule has 90 valence electrons. The van der Waals surface area contributed by atoms with Crippen LogP contribution in [-0.4, -0.2) is 5.78 Å². The highest BCUT2D eigenvalue weighted by atomic mass is 79.9. The van der Waals surface area contributed by atoms with Crippen LogP contribution in [0.3, 0.4) is 0 Å². The van der Waals surface area contributed by atoms with Crippen molar-refractivity contribution in [2.75, 3.05) is 0 Å². The van der Waals surface area contributed by atoms with Crippen LogP contribution in [0.25, 0.3) is 6.08 Å². The van der Waals surface area contributed by atoms with Crippen molar-refractivity contribution in [2.45, 2.75) is 6.92 Å². The molecular weight excluding hydrogens is 288 g/mol. The third-order valence-electron chi connectivity index (χ3n) is 2.60. The van der Waals surface area contributed by atoms with E-state index in [-0.39, 0.29) is 5.78 Å². The summed E-state index contributed by atoms with van der Waals surface area (Å²) >= 11 is 3.35. The molecule has 0 heterocycles. The van der Waals surface area contributed by atoms with Crippen molar-refractivity contribution in [3.05, 3.63) is 75.8 Å². The molecule has 0 unspecified atom stereocenters. The minimum atomic E-state index is 0.0176. The Hall–Kier alpha value is -1.67. The molecule has 2 heteroatoms. The normalized spacial score (nSPS) is 10.8. The number of ketones is 1. The van der Waals surface area contributed by atoms with Crippen LogP contribution >= 0.6 is 15.9 Å². The number of allylic oxidation sites excluding steroid dienone is 1. The number of hydrogen-bond acceptors (Lipinski definition) is 1. The molecule has 0 fully saturated rings. The van der Waals surface area contributed by atoms with Crippen molar-refractivity contribution in [3.63, 3.8) is 0 Å². The van der Waals surface area contributed by atoms with E-state index in [4.69, 9.17) is 0 Å². The number of carbonyl (C=O) groups excluding carboxylic acids is 1. The van der Waals surface area contributed by atoms with Crippen molar-refractivity contribution in [2.24, 2.45) is 0 Å². The summed E-state index contributed by atoms with van der Waals surface area (Å²) in [6.07, 6.45) is 3.45. The maximum atomic E-state index is 11.9. The van der Waals surface area contributed by atoms with Crippen LogP contribution in [0, 0.1) is 6.92 Å². The maximum absolute atomic E-state index is 11.9. The number of rotatable bonds is 3. The number of halogens is 1. The molecule has 2 rings (SSSR count). The van der Waals surface area contributed by atoms with Gasteiger partial charge in [0.2, 0.25) is 0 Å². The molecule has 0 saturated heterocycles. The van der Waals surface area contributed by atoms with Crippen molar-refractivity contribution in [1.29, 1.82) is 0 Å². The van der Waals surface area contributed by atoms with Gasteiger partial charge in [-0.1, -0.05) is 51.8 Å². The van der Waals surface area contributed by atoms with E-state index in [0.717, 1.165) is 10.0 Å². The van der Waals surface area contributed by atoms with E-state index in [1.807, 2.05) is 61.5 Å². The van der Waals surface area contributed by atoms with E-state index in [1.165, 1.54) is 5.56 Å². The Balaban J connectivity index is 2.14. The van der Waals surface area contributed by atoms with E-state index >= 15 is 0 Å². The fourth-order valence-electron chi connectivity index (χ4n) is 1.66. The molecule has 2 aromatic rings. The Bertz CT molecular complexity index is 582. The molecule has 1 nitrogen and oxygen atoms in total. The first-order valence-electron chi connectivity index (χ1n) is 5.70. The van der Waals surface area contributed by atoms with Crippen LogP contribution in [0.5, 0.6) is 0 Å². The first-order chi connectivity index (χ1) is 8.65. The molecule has 0 aliphatic heterocycles. The van der Waals surface area contributed by atoms with E-state index < -0.39 is 0 Å². The smallest absolute Gasteiger partial charge is 0.185 e. The van der Waals surface area contributed by atoms with Crippen LogP contribution in [0.4, 0.5) is 0 Å². The van der Waals surface area contributed by atoms with Crippen LogP contribution in [0.2, 0.25) is 0 Å². The van der Waals surface area contributed by atoms with Gasteiger partial charge in [-0.3, -0.25) is 4.79 Å². The summed E-state index contributed by atoms with van der Waals surface area (Å²) in [6.45, 7) is 2.04. The summed E-state index contributed by atoms with van der Waals surface area (Å²) in [7, 11) is 0.